The van der Waals surface area contributed by atoms with Crippen LogP contribution in [0.1, 0.15) is 15.2 Å². The molecule has 0 fully saturated rings. The third-order valence-corrected chi connectivity index (χ3v) is 7.03. The van der Waals surface area contributed by atoms with Gasteiger partial charge in [-0.15, -0.1) is 11.3 Å². The Morgan fingerprint density at radius 1 is 1.09 bits per heavy atom. The molecule has 0 spiro atoms. The molecule has 33 heavy (non-hydrogen) atoms. The smallest absolute Gasteiger partial charge is 0.349 e. The van der Waals surface area contributed by atoms with E-state index < -0.39 is 28.6 Å². The molecule has 0 aliphatic rings. The predicted octanol–water partition coefficient (Wildman–Crippen LogP) is 4.32. The molecule has 0 atom stereocenters. The van der Waals surface area contributed by atoms with E-state index in [-0.39, 0.29) is 10.6 Å². The number of carbonyl (C=O) groups is 2. The van der Waals surface area contributed by atoms with Crippen LogP contribution < -0.4 is 14.8 Å². The van der Waals surface area contributed by atoms with Crippen LogP contribution in [0, 0.1) is 0 Å². The van der Waals surface area contributed by atoms with Crippen LogP contribution in [0.15, 0.2) is 53.0 Å². The fourth-order valence-electron chi connectivity index (χ4n) is 2.92. The first-order valence-corrected chi connectivity index (χ1v) is 12.8. The quantitative estimate of drug-likeness (QED) is 0.290. The van der Waals surface area contributed by atoms with Crippen molar-refractivity contribution in [2.45, 2.75) is 6.54 Å². The van der Waals surface area contributed by atoms with Gasteiger partial charge in [0.2, 0.25) is 10.0 Å². The van der Waals surface area contributed by atoms with Gasteiger partial charge in [-0.1, -0.05) is 24.3 Å². The number of carboxylic acid groups (broad SMARTS) is 2. The zero-order valence-corrected chi connectivity index (χ0v) is 20.4. The summed E-state index contributed by atoms with van der Waals surface area (Å²) in [6.07, 6.45) is 1.08. The second-order valence-corrected chi connectivity index (χ2v) is 10.5. The number of halogens is 1. The number of aromatic carboxylic acids is 1. The van der Waals surface area contributed by atoms with Crippen molar-refractivity contribution in [2.24, 2.45) is 0 Å². The maximum absolute atomic E-state index is 11.6. The van der Waals surface area contributed by atoms with Gasteiger partial charge in [-0.25, -0.2) is 18.0 Å². The van der Waals surface area contributed by atoms with Crippen molar-refractivity contribution < 1.29 is 33.0 Å². The van der Waals surface area contributed by atoms with Gasteiger partial charge < -0.3 is 20.3 Å². The highest BCUT2D eigenvalue weighted by atomic mass is 79.9. The molecule has 0 amide bonds. The molecule has 9 nitrogen and oxygen atoms in total. The van der Waals surface area contributed by atoms with E-state index in [1.165, 1.54) is 0 Å². The van der Waals surface area contributed by atoms with Gasteiger partial charge >= 0.3 is 11.9 Å². The van der Waals surface area contributed by atoms with Crippen molar-refractivity contribution in [2.75, 3.05) is 22.9 Å². The van der Waals surface area contributed by atoms with E-state index in [2.05, 4.69) is 26.0 Å². The van der Waals surface area contributed by atoms with Crippen molar-refractivity contribution in [1.82, 2.24) is 0 Å². The molecule has 2 aromatic carbocycles. The summed E-state index contributed by atoms with van der Waals surface area (Å²) >= 11 is 4.31. The highest BCUT2D eigenvalue weighted by Crippen LogP contribution is 2.46. The average molecular weight is 555 g/mol. The topological polar surface area (TPSA) is 142 Å². The van der Waals surface area contributed by atoms with Crippen LogP contribution in [0.4, 0.5) is 11.4 Å². The molecule has 0 aliphatic heterocycles. The third-order valence-electron chi connectivity index (χ3n) is 4.19. The van der Waals surface area contributed by atoms with E-state index in [0.717, 1.165) is 28.8 Å². The van der Waals surface area contributed by atoms with E-state index >= 15 is 0 Å². The Bertz CT molecular complexity index is 1310. The van der Waals surface area contributed by atoms with Gasteiger partial charge in [0.1, 0.15) is 0 Å². The third kappa shape index (κ3) is 6.70. The Balaban J connectivity index is 1.82. The number of hydrogen-bond donors (Lipinski definition) is 4. The number of ether oxygens (including phenoxy) is 1. The van der Waals surface area contributed by atoms with Crippen LogP contribution in [0.25, 0.3) is 10.4 Å². The van der Waals surface area contributed by atoms with Crippen molar-refractivity contribution in [3.63, 3.8) is 0 Å². The molecule has 12 heteroatoms. The normalized spacial score (nSPS) is 11.1. The first-order valence-electron chi connectivity index (χ1n) is 9.34. The lowest BCUT2D eigenvalue weighted by Crippen LogP contribution is -2.11. The molecular weight excluding hydrogens is 536 g/mol. The van der Waals surface area contributed by atoms with E-state index in [4.69, 9.17) is 9.84 Å². The lowest BCUT2D eigenvalue weighted by atomic mass is 10.1. The van der Waals surface area contributed by atoms with Crippen LogP contribution in [-0.2, 0) is 21.4 Å². The van der Waals surface area contributed by atoms with Gasteiger partial charge in [0.15, 0.2) is 17.2 Å². The molecular formula is C21H19BrN2O7S2. The second kappa shape index (κ2) is 10.2. The van der Waals surface area contributed by atoms with Gasteiger partial charge in [0, 0.05) is 17.9 Å². The van der Waals surface area contributed by atoms with Gasteiger partial charge in [-0.3, -0.25) is 4.72 Å². The number of carboxylic acids is 2. The molecule has 0 unspecified atom stereocenters. The molecule has 0 saturated carbocycles. The monoisotopic (exact) mass is 554 g/mol. The maximum Gasteiger partial charge on any atom is 0.349 e. The predicted molar refractivity (Wildman–Crippen MR) is 130 cm³/mol. The first kappa shape index (κ1) is 24.6. The SMILES string of the molecule is CS(=O)(=O)Nc1cccc(CNc2cccc(-c3sc(C(=O)O)c(OCC(=O)O)c3Br)c2)c1. The summed E-state index contributed by atoms with van der Waals surface area (Å²) in [5.41, 5.74) is 2.77. The largest absolute Gasteiger partial charge is 0.479 e. The molecule has 4 N–H and O–H groups in total. The van der Waals surface area contributed by atoms with Gasteiger partial charge in [-0.05, 0) is 51.3 Å². The van der Waals surface area contributed by atoms with Gasteiger partial charge in [0.05, 0.1) is 15.6 Å². The minimum Gasteiger partial charge on any atom is -0.479 e. The zero-order chi connectivity index (χ0) is 24.2. The molecule has 1 heterocycles. The fourth-order valence-corrected chi connectivity index (χ4v) is 5.36. The summed E-state index contributed by atoms with van der Waals surface area (Å²) in [7, 11) is -3.38. The fraction of sp³-hybridized carbons (Fsp3) is 0.143. The van der Waals surface area contributed by atoms with E-state index in [9.17, 15) is 23.1 Å². The van der Waals surface area contributed by atoms with Gasteiger partial charge in [-0.2, -0.15) is 0 Å². The minimum atomic E-state index is -3.38. The van der Waals surface area contributed by atoms with E-state index in [0.29, 0.717) is 27.1 Å². The second-order valence-electron chi connectivity index (χ2n) is 6.90. The summed E-state index contributed by atoms with van der Waals surface area (Å²) in [6, 6.07) is 14.2. The number of hydrogen-bond acceptors (Lipinski definition) is 7. The Morgan fingerprint density at radius 2 is 1.79 bits per heavy atom. The molecule has 3 aromatic rings. The average Bonchev–Trinajstić information content (AvgIpc) is 3.06. The standard InChI is InChI=1S/C21H19BrN2O7S2/c1-33(29,30)24-15-7-2-4-12(8-15)10-23-14-6-3-5-13(9-14)19-17(22)18(31-11-16(25)26)20(32-19)21(27)28/h2-9,23-24H,10-11H2,1H3,(H,25,26)(H,27,28). The van der Waals surface area contributed by atoms with Crippen LogP contribution in [-0.4, -0.2) is 43.4 Å². The Kier molecular flexibility index (Phi) is 7.61. The van der Waals surface area contributed by atoms with Crippen molar-refractivity contribution >= 4 is 60.6 Å². The minimum absolute atomic E-state index is 0.0292. The van der Waals surface area contributed by atoms with Crippen LogP contribution in [0.5, 0.6) is 5.75 Å². The summed E-state index contributed by atoms with van der Waals surface area (Å²) in [4.78, 5) is 22.9. The highest BCUT2D eigenvalue weighted by molar-refractivity contribution is 9.10. The van der Waals surface area contributed by atoms with Crippen LogP contribution in [0.3, 0.4) is 0 Å². The number of rotatable bonds is 10. The van der Waals surface area contributed by atoms with Crippen LogP contribution >= 0.6 is 27.3 Å². The lowest BCUT2D eigenvalue weighted by molar-refractivity contribution is -0.139. The van der Waals surface area contributed by atoms with Crippen molar-refractivity contribution in [3.8, 4) is 16.2 Å². The Labute approximate surface area is 202 Å². The number of anilines is 2. The summed E-state index contributed by atoms with van der Waals surface area (Å²) in [5, 5.41) is 21.6. The molecule has 1 aromatic heterocycles. The number of aliphatic carboxylic acids is 1. The summed E-state index contributed by atoms with van der Waals surface area (Å²) in [6.45, 7) is -0.244. The Morgan fingerprint density at radius 3 is 2.45 bits per heavy atom. The molecule has 0 saturated heterocycles. The molecule has 0 radical (unpaired) electrons. The molecule has 3 rings (SSSR count). The summed E-state index contributed by atoms with van der Waals surface area (Å²) < 4.78 is 30.8. The van der Waals surface area contributed by atoms with E-state index in [1.807, 2.05) is 18.2 Å². The number of nitrogens with one attached hydrogen (secondary N) is 2. The lowest BCUT2D eigenvalue weighted by Gasteiger charge is -2.10. The van der Waals surface area contributed by atoms with Crippen molar-refractivity contribution in [3.05, 3.63) is 63.4 Å². The number of benzene rings is 2. The first-order chi connectivity index (χ1) is 15.5. The van der Waals surface area contributed by atoms with E-state index in [1.54, 1.807) is 30.3 Å². The zero-order valence-electron chi connectivity index (χ0n) is 17.2. The number of sulfonamides is 1. The molecule has 0 aliphatic carbocycles. The molecule has 174 valence electrons. The highest BCUT2D eigenvalue weighted by Gasteiger charge is 2.24. The van der Waals surface area contributed by atoms with Gasteiger partial charge in [0.25, 0.3) is 0 Å². The molecule has 0 bridgehead atoms. The Hall–Kier alpha value is -3.09. The van der Waals surface area contributed by atoms with Crippen molar-refractivity contribution in [1.29, 1.82) is 0 Å². The maximum atomic E-state index is 11.6. The number of thiophene rings is 1. The van der Waals surface area contributed by atoms with Crippen LogP contribution in [0.2, 0.25) is 0 Å². The summed E-state index contributed by atoms with van der Waals surface area (Å²) in [5.74, 6) is -2.46.